The lowest BCUT2D eigenvalue weighted by Crippen LogP contribution is -2.23. The standard InChI is InChI=1S/C14H17N3O3S/c1-8-13(21-7-17-8)6-16-14(18)9-4-11(19-2)12(20-3)5-10(9)15/h4-5,7H,6,15H2,1-3H3,(H,16,18). The summed E-state index contributed by atoms with van der Waals surface area (Å²) >= 11 is 1.50. The van der Waals surface area contributed by atoms with Gasteiger partial charge < -0.3 is 20.5 Å². The smallest absolute Gasteiger partial charge is 0.253 e. The van der Waals surface area contributed by atoms with Crippen molar-refractivity contribution in [1.82, 2.24) is 10.3 Å². The molecule has 3 N–H and O–H groups in total. The largest absolute Gasteiger partial charge is 0.493 e. The van der Waals surface area contributed by atoms with Crippen LogP contribution in [0.5, 0.6) is 11.5 Å². The number of nitrogens with one attached hydrogen (secondary N) is 1. The molecule has 0 bridgehead atoms. The minimum absolute atomic E-state index is 0.263. The van der Waals surface area contributed by atoms with Crippen LogP contribution in [0.3, 0.4) is 0 Å². The van der Waals surface area contributed by atoms with E-state index in [0.29, 0.717) is 29.3 Å². The second kappa shape index (κ2) is 6.45. The fourth-order valence-corrected chi connectivity index (χ4v) is 2.56. The van der Waals surface area contributed by atoms with Crippen molar-refractivity contribution >= 4 is 22.9 Å². The zero-order valence-electron chi connectivity index (χ0n) is 12.1. The van der Waals surface area contributed by atoms with Gasteiger partial charge in [0.2, 0.25) is 0 Å². The average molecular weight is 307 g/mol. The summed E-state index contributed by atoms with van der Waals surface area (Å²) in [6, 6.07) is 3.15. The van der Waals surface area contributed by atoms with Gasteiger partial charge in [0, 0.05) is 16.6 Å². The molecule has 0 unspecified atom stereocenters. The number of methoxy groups -OCH3 is 2. The minimum atomic E-state index is -0.263. The SMILES string of the molecule is COc1cc(N)c(C(=O)NCc2scnc2C)cc1OC. The summed E-state index contributed by atoms with van der Waals surface area (Å²) < 4.78 is 10.3. The molecule has 6 nitrogen and oxygen atoms in total. The van der Waals surface area contributed by atoms with E-state index in [2.05, 4.69) is 10.3 Å². The molecule has 7 heteroatoms. The molecular weight excluding hydrogens is 290 g/mol. The molecule has 1 aromatic heterocycles. The van der Waals surface area contributed by atoms with Gasteiger partial charge in [-0.05, 0) is 13.0 Å². The van der Waals surface area contributed by atoms with Gasteiger partial charge in [-0.2, -0.15) is 0 Å². The van der Waals surface area contributed by atoms with Crippen LogP contribution in [0.1, 0.15) is 20.9 Å². The number of aromatic nitrogens is 1. The summed E-state index contributed by atoms with van der Waals surface area (Å²) in [6.07, 6.45) is 0. The summed E-state index contributed by atoms with van der Waals surface area (Å²) in [5.41, 5.74) is 9.26. The maximum Gasteiger partial charge on any atom is 0.253 e. The second-order valence-electron chi connectivity index (χ2n) is 4.34. The molecule has 112 valence electrons. The van der Waals surface area contributed by atoms with Crippen molar-refractivity contribution in [2.75, 3.05) is 20.0 Å². The van der Waals surface area contributed by atoms with Gasteiger partial charge in [-0.15, -0.1) is 11.3 Å². The highest BCUT2D eigenvalue weighted by molar-refractivity contribution is 7.09. The van der Waals surface area contributed by atoms with Crippen molar-refractivity contribution in [1.29, 1.82) is 0 Å². The van der Waals surface area contributed by atoms with Crippen LogP contribution in [0.4, 0.5) is 5.69 Å². The number of ether oxygens (including phenoxy) is 2. The zero-order chi connectivity index (χ0) is 15.4. The number of benzene rings is 1. The molecule has 0 aliphatic rings. The Balaban J connectivity index is 2.17. The van der Waals surface area contributed by atoms with Gasteiger partial charge in [-0.25, -0.2) is 4.98 Å². The summed E-state index contributed by atoms with van der Waals surface area (Å²) in [4.78, 5) is 17.4. The number of hydrogen-bond donors (Lipinski definition) is 2. The highest BCUT2D eigenvalue weighted by Gasteiger charge is 2.15. The number of nitrogens with two attached hydrogens (primary N) is 1. The Morgan fingerprint density at radius 3 is 2.57 bits per heavy atom. The van der Waals surface area contributed by atoms with Crippen LogP contribution in [0.25, 0.3) is 0 Å². The summed E-state index contributed by atoms with van der Waals surface area (Å²) in [5.74, 6) is 0.692. The molecule has 0 saturated carbocycles. The summed E-state index contributed by atoms with van der Waals surface area (Å²) in [6.45, 7) is 2.33. The van der Waals surface area contributed by atoms with Crippen LogP contribution in [-0.2, 0) is 6.54 Å². The van der Waals surface area contributed by atoms with Crippen LogP contribution < -0.4 is 20.5 Å². The highest BCUT2D eigenvalue weighted by Crippen LogP contribution is 2.31. The molecule has 2 aromatic rings. The maximum absolute atomic E-state index is 12.2. The Bertz CT molecular complexity index is 655. The lowest BCUT2D eigenvalue weighted by molar-refractivity contribution is 0.0952. The molecule has 1 amide bonds. The number of nitrogen functional groups attached to an aromatic ring is 1. The van der Waals surface area contributed by atoms with Crippen LogP contribution >= 0.6 is 11.3 Å². The van der Waals surface area contributed by atoms with Crippen molar-refractivity contribution in [3.05, 3.63) is 33.8 Å². The highest BCUT2D eigenvalue weighted by atomic mass is 32.1. The predicted molar refractivity (Wildman–Crippen MR) is 82.0 cm³/mol. The number of hydrogen-bond acceptors (Lipinski definition) is 6. The number of carbonyl (C=O) groups excluding carboxylic acids is 1. The molecule has 0 fully saturated rings. The normalized spacial score (nSPS) is 10.2. The molecule has 2 rings (SSSR count). The number of anilines is 1. The third kappa shape index (κ3) is 3.25. The fourth-order valence-electron chi connectivity index (χ4n) is 1.84. The van der Waals surface area contributed by atoms with E-state index in [-0.39, 0.29) is 5.91 Å². The molecule has 0 atom stereocenters. The van der Waals surface area contributed by atoms with E-state index in [0.717, 1.165) is 10.6 Å². The van der Waals surface area contributed by atoms with Gasteiger partial charge in [0.1, 0.15) is 0 Å². The molecule has 0 spiro atoms. The lowest BCUT2D eigenvalue weighted by atomic mass is 10.1. The molecule has 21 heavy (non-hydrogen) atoms. The minimum Gasteiger partial charge on any atom is -0.493 e. The van der Waals surface area contributed by atoms with Crippen LogP contribution in [0, 0.1) is 6.92 Å². The molecule has 0 radical (unpaired) electrons. The Morgan fingerprint density at radius 1 is 1.33 bits per heavy atom. The number of nitrogens with zero attached hydrogens (tertiary/aromatic N) is 1. The first-order chi connectivity index (χ1) is 10.1. The van der Waals surface area contributed by atoms with Gasteiger partial charge in [-0.3, -0.25) is 4.79 Å². The average Bonchev–Trinajstić information content (AvgIpc) is 2.89. The Hall–Kier alpha value is -2.28. The van der Waals surface area contributed by atoms with Crippen molar-refractivity contribution in [3.63, 3.8) is 0 Å². The summed E-state index contributed by atoms with van der Waals surface area (Å²) in [7, 11) is 3.03. The number of rotatable bonds is 5. The van der Waals surface area contributed by atoms with Crippen molar-refractivity contribution in [2.45, 2.75) is 13.5 Å². The molecule has 1 heterocycles. The van der Waals surface area contributed by atoms with E-state index in [1.54, 1.807) is 17.6 Å². The lowest BCUT2D eigenvalue weighted by Gasteiger charge is -2.12. The first-order valence-electron chi connectivity index (χ1n) is 6.25. The Kier molecular flexibility index (Phi) is 4.64. The number of carbonyl (C=O) groups is 1. The molecule has 0 aliphatic heterocycles. The first-order valence-corrected chi connectivity index (χ1v) is 7.13. The Labute approximate surface area is 126 Å². The van der Waals surface area contributed by atoms with Crippen molar-refractivity contribution in [3.8, 4) is 11.5 Å². The topological polar surface area (TPSA) is 86.5 Å². The number of amides is 1. The molecule has 0 saturated heterocycles. The van der Waals surface area contributed by atoms with Crippen LogP contribution in [0.15, 0.2) is 17.6 Å². The first kappa shape index (κ1) is 15.1. The van der Waals surface area contributed by atoms with E-state index in [9.17, 15) is 4.79 Å². The second-order valence-corrected chi connectivity index (χ2v) is 5.28. The molecular formula is C14H17N3O3S. The van der Waals surface area contributed by atoms with E-state index < -0.39 is 0 Å². The van der Waals surface area contributed by atoms with E-state index >= 15 is 0 Å². The van der Waals surface area contributed by atoms with Crippen LogP contribution in [-0.4, -0.2) is 25.1 Å². The van der Waals surface area contributed by atoms with E-state index in [1.165, 1.54) is 25.6 Å². The van der Waals surface area contributed by atoms with E-state index in [1.807, 2.05) is 6.92 Å². The Morgan fingerprint density at radius 2 is 2.00 bits per heavy atom. The maximum atomic E-state index is 12.2. The van der Waals surface area contributed by atoms with Crippen molar-refractivity contribution in [2.24, 2.45) is 0 Å². The van der Waals surface area contributed by atoms with E-state index in [4.69, 9.17) is 15.2 Å². The predicted octanol–water partition coefficient (Wildman–Crippen LogP) is 1.98. The number of aryl methyl sites for hydroxylation is 1. The van der Waals surface area contributed by atoms with Gasteiger partial charge in [-0.1, -0.05) is 0 Å². The zero-order valence-corrected chi connectivity index (χ0v) is 12.9. The molecule has 1 aromatic carbocycles. The molecule has 0 aliphatic carbocycles. The monoisotopic (exact) mass is 307 g/mol. The van der Waals surface area contributed by atoms with Gasteiger partial charge >= 0.3 is 0 Å². The van der Waals surface area contributed by atoms with Crippen LogP contribution in [0.2, 0.25) is 0 Å². The third-order valence-corrected chi connectivity index (χ3v) is 3.99. The summed E-state index contributed by atoms with van der Waals surface area (Å²) in [5, 5.41) is 2.83. The quantitative estimate of drug-likeness (QED) is 0.825. The number of thiazole rings is 1. The van der Waals surface area contributed by atoms with Gasteiger partial charge in [0.25, 0.3) is 5.91 Å². The van der Waals surface area contributed by atoms with Gasteiger partial charge in [0.15, 0.2) is 11.5 Å². The van der Waals surface area contributed by atoms with Crippen molar-refractivity contribution < 1.29 is 14.3 Å². The van der Waals surface area contributed by atoms with Gasteiger partial charge in [0.05, 0.1) is 37.5 Å². The third-order valence-electron chi connectivity index (χ3n) is 3.05. The fraction of sp³-hybridized carbons (Fsp3) is 0.286.